The van der Waals surface area contributed by atoms with Gasteiger partial charge in [0, 0.05) is 16.8 Å². The minimum Gasteiger partial charge on any atom is -0.356 e. The molecule has 0 heterocycles. The number of fused-ring (bicyclic) bond motifs is 3. The summed E-state index contributed by atoms with van der Waals surface area (Å²) in [6, 6.07) is 9.22. The Morgan fingerprint density at radius 1 is 0.679 bits per heavy atom. The smallest absolute Gasteiger partial charge is 0.0645 e. The van der Waals surface area contributed by atoms with Crippen molar-refractivity contribution in [2.75, 3.05) is 5.32 Å². The molecule has 0 fully saturated rings. The molecule has 1 nitrogen and oxygen atoms in total. The van der Waals surface area contributed by atoms with Gasteiger partial charge in [0.25, 0.3) is 0 Å². The zero-order chi connectivity index (χ0) is 27.0. The fraction of sp³-hybridized carbons (Fsp3) is 0.111. The predicted octanol–water partition coefficient (Wildman–Crippen LogP) is 7.40. The van der Waals surface area contributed by atoms with E-state index in [4.69, 9.17) is 12.3 Å². The Labute approximate surface area is 179 Å². The Kier molecular flexibility index (Phi) is 2.22. The van der Waals surface area contributed by atoms with Gasteiger partial charge in [-0.2, -0.15) is 0 Å². The molecule has 0 spiro atoms. The summed E-state index contributed by atoms with van der Waals surface area (Å²) in [5.41, 5.74) is 4.12. The van der Waals surface area contributed by atoms with E-state index in [1.807, 2.05) is 30.3 Å². The van der Waals surface area contributed by atoms with Crippen molar-refractivity contribution in [1.82, 2.24) is 0 Å². The Balaban J connectivity index is 1.63. The Morgan fingerprint density at radius 2 is 1.36 bits per heavy atom. The van der Waals surface area contributed by atoms with E-state index in [9.17, 15) is 0 Å². The normalized spacial score (nSPS) is 18.1. The SMILES string of the molecule is [2H]c1c([2H])c([2H])c(-c2c([2H])c([2H])c(Nc3ccc4c(c3)C(C)(C)c3ccccc3-4)c([2H])c2[2H])c([2H])c1[2H]. The third-order valence-corrected chi connectivity index (χ3v) is 5.23. The van der Waals surface area contributed by atoms with Crippen LogP contribution in [0, 0.1) is 0 Å². The van der Waals surface area contributed by atoms with Gasteiger partial charge in [-0.25, -0.2) is 0 Å². The second kappa shape index (κ2) is 6.38. The first-order valence-corrected chi connectivity index (χ1v) is 9.07. The number of hydrogen-bond acceptors (Lipinski definition) is 1. The maximum absolute atomic E-state index is 8.59. The van der Waals surface area contributed by atoms with E-state index in [0.717, 1.165) is 16.7 Å². The third kappa shape index (κ3) is 2.71. The van der Waals surface area contributed by atoms with Crippen LogP contribution >= 0.6 is 0 Å². The van der Waals surface area contributed by atoms with Gasteiger partial charge in [0.15, 0.2) is 0 Å². The topological polar surface area (TPSA) is 12.0 Å². The van der Waals surface area contributed by atoms with E-state index in [2.05, 4.69) is 31.3 Å². The van der Waals surface area contributed by atoms with Gasteiger partial charge < -0.3 is 5.32 Å². The van der Waals surface area contributed by atoms with E-state index in [1.54, 1.807) is 0 Å². The first-order chi connectivity index (χ1) is 17.4. The van der Waals surface area contributed by atoms with Crippen molar-refractivity contribution in [3.8, 4) is 22.3 Å². The largest absolute Gasteiger partial charge is 0.356 e. The van der Waals surface area contributed by atoms with Crippen molar-refractivity contribution in [2.24, 2.45) is 0 Å². The maximum Gasteiger partial charge on any atom is 0.0645 e. The molecular formula is C27H23N. The minimum atomic E-state index is -0.600. The van der Waals surface area contributed by atoms with Crippen LogP contribution in [0.15, 0.2) is 96.8 Å². The summed E-state index contributed by atoms with van der Waals surface area (Å²) >= 11 is 0. The van der Waals surface area contributed by atoms with Crippen LogP contribution in [0.1, 0.15) is 37.3 Å². The lowest BCUT2D eigenvalue weighted by molar-refractivity contribution is 0.660. The second-order valence-electron chi connectivity index (χ2n) is 7.31. The summed E-state index contributed by atoms with van der Waals surface area (Å²) in [5.74, 6) is 0. The zero-order valence-corrected chi connectivity index (χ0v) is 15.5. The summed E-state index contributed by atoms with van der Waals surface area (Å²) < 4.78 is 74.4. The Hall–Kier alpha value is -3.32. The van der Waals surface area contributed by atoms with Crippen molar-refractivity contribution in [3.63, 3.8) is 0 Å². The number of nitrogens with one attached hydrogen (secondary N) is 1. The van der Waals surface area contributed by atoms with Gasteiger partial charge >= 0.3 is 0 Å². The minimum absolute atomic E-state index is 0.0561. The van der Waals surface area contributed by atoms with Crippen LogP contribution in [0.3, 0.4) is 0 Å². The van der Waals surface area contributed by atoms with E-state index in [0.29, 0.717) is 5.69 Å². The molecule has 1 heteroatoms. The quantitative estimate of drug-likeness (QED) is 0.396. The number of rotatable bonds is 3. The van der Waals surface area contributed by atoms with Crippen molar-refractivity contribution >= 4 is 11.4 Å². The maximum atomic E-state index is 8.59. The first-order valence-electron chi connectivity index (χ1n) is 13.6. The molecule has 1 N–H and O–H groups in total. The molecule has 1 aliphatic rings. The molecule has 4 aromatic rings. The molecule has 5 rings (SSSR count). The summed E-state index contributed by atoms with van der Waals surface area (Å²) in [5, 5.41) is 3.04. The van der Waals surface area contributed by atoms with Crippen molar-refractivity contribution in [2.45, 2.75) is 19.3 Å². The lowest BCUT2D eigenvalue weighted by Gasteiger charge is -2.22. The Morgan fingerprint density at radius 3 is 2.14 bits per heavy atom. The summed E-state index contributed by atoms with van der Waals surface area (Å²) in [6.45, 7) is 4.26. The Bertz CT molecular complexity index is 1570. The van der Waals surface area contributed by atoms with E-state index in [-0.39, 0.29) is 22.2 Å². The van der Waals surface area contributed by atoms with Crippen molar-refractivity contribution in [3.05, 3.63) is 108 Å². The molecule has 4 aromatic carbocycles. The number of hydrogen-bond donors (Lipinski definition) is 1. The molecular weight excluding hydrogens is 338 g/mol. The number of benzene rings is 4. The molecule has 0 amide bonds. The summed E-state index contributed by atoms with van der Waals surface area (Å²) in [7, 11) is 0. The highest BCUT2D eigenvalue weighted by Gasteiger charge is 2.35. The predicted molar refractivity (Wildman–Crippen MR) is 119 cm³/mol. The lowest BCUT2D eigenvalue weighted by atomic mass is 9.82. The van der Waals surface area contributed by atoms with Gasteiger partial charge in [0.2, 0.25) is 0 Å². The van der Waals surface area contributed by atoms with Crippen LogP contribution in [0.4, 0.5) is 11.4 Å². The summed E-state index contributed by atoms with van der Waals surface area (Å²) in [6.07, 6.45) is 0. The molecule has 1 aliphatic carbocycles. The average Bonchev–Trinajstić information content (AvgIpc) is 3.11. The second-order valence-corrected chi connectivity index (χ2v) is 7.31. The van der Waals surface area contributed by atoms with Crippen LogP contribution in [-0.2, 0) is 5.41 Å². The van der Waals surface area contributed by atoms with E-state index in [1.165, 1.54) is 5.56 Å². The highest BCUT2D eigenvalue weighted by Crippen LogP contribution is 2.49. The summed E-state index contributed by atoms with van der Waals surface area (Å²) in [4.78, 5) is 0. The molecule has 0 aliphatic heterocycles. The molecule has 0 unspecified atom stereocenters. The monoisotopic (exact) mass is 370 g/mol. The first kappa shape index (κ1) is 9.75. The van der Waals surface area contributed by atoms with Crippen LogP contribution in [0.5, 0.6) is 0 Å². The van der Waals surface area contributed by atoms with Crippen LogP contribution in [-0.4, -0.2) is 0 Å². The fourth-order valence-electron chi connectivity index (χ4n) is 3.80. The van der Waals surface area contributed by atoms with Crippen molar-refractivity contribution in [1.29, 1.82) is 0 Å². The molecule has 0 radical (unpaired) electrons. The molecule has 28 heavy (non-hydrogen) atoms. The molecule has 0 bridgehead atoms. The van der Waals surface area contributed by atoms with E-state index >= 15 is 0 Å². The van der Waals surface area contributed by atoms with Gasteiger partial charge in [-0.1, -0.05) is 86.5 Å². The highest BCUT2D eigenvalue weighted by molar-refractivity contribution is 5.83. The van der Waals surface area contributed by atoms with Gasteiger partial charge in [-0.15, -0.1) is 0 Å². The molecule has 0 atom stereocenters. The van der Waals surface area contributed by atoms with E-state index < -0.39 is 54.4 Å². The van der Waals surface area contributed by atoms with Gasteiger partial charge in [-0.05, 0) is 57.6 Å². The number of anilines is 2. The molecule has 0 saturated heterocycles. The molecule has 0 saturated carbocycles. The van der Waals surface area contributed by atoms with Gasteiger partial charge in [-0.3, -0.25) is 0 Å². The van der Waals surface area contributed by atoms with Gasteiger partial charge in [0.05, 0.1) is 12.3 Å². The van der Waals surface area contributed by atoms with Crippen LogP contribution in [0.25, 0.3) is 22.3 Å². The average molecular weight is 371 g/mol. The third-order valence-electron chi connectivity index (χ3n) is 5.23. The van der Waals surface area contributed by atoms with Crippen LogP contribution < -0.4 is 5.32 Å². The lowest BCUT2D eigenvalue weighted by Crippen LogP contribution is -2.15. The fourth-order valence-corrected chi connectivity index (χ4v) is 3.80. The molecule has 0 aromatic heterocycles. The van der Waals surface area contributed by atoms with Gasteiger partial charge in [0.1, 0.15) is 0 Å². The zero-order valence-electron chi connectivity index (χ0n) is 24.5. The van der Waals surface area contributed by atoms with Crippen LogP contribution in [0.2, 0.25) is 0 Å². The standard InChI is InChI=1S/C27H23N/c1-27(2)25-11-7-6-10-23(25)24-17-16-22(18-26(24)27)28-21-14-12-20(13-15-21)19-8-4-3-5-9-19/h3-18,28H,1-2H3/i3D,4D,5D,8D,9D,12D,13D,14D,15D. The molecule has 136 valence electrons. The van der Waals surface area contributed by atoms with Crippen molar-refractivity contribution < 1.29 is 12.3 Å². The highest BCUT2D eigenvalue weighted by atomic mass is 14.9.